The molecule has 3 rings (SSSR count). The lowest BCUT2D eigenvalue weighted by Crippen LogP contribution is -2.14. The zero-order valence-electron chi connectivity index (χ0n) is 13.3. The van der Waals surface area contributed by atoms with E-state index in [0.29, 0.717) is 28.8 Å². The highest BCUT2D eigenvalue weighted by Gasteiger charge is 2.32. The van der Waals surface area contributed by atoms with Crippen LogP contribution in [0.3, 0.4) is 0 Å². The molecule has 0 unspecified atom stereocenters. The van der Waals surface area contributed by atoms with Crippen molar-refractivity contribution in [2.45, 2.75) is 39.2 Å². The molecule has 1 atom stereocenters. The molecule has 0 radical (unpaired) electrons. The third-order valence-corrected chi connectivity index (χ3v) is 5.98. The zero-order chi connectivity index (χ0) is 16.9. The van der Waals surface area contributed by atoms with Crippen molar-refractivity contribution >= 4 is 26.8 Å². The van der Waals surface area contributed by atoms with E-state index in [1.54, 1.807) is 17.7 Å². The number of nitrogens with zero attached hydrogens (tertiary/aromatic N) is 3. The number of hydrogen-bond acceptors (Lipinski definition) is 5. The fourth-order valence-electron chi connectivity index (χ4n) is 3.02. The van der Waals surface area contributed by atoms with Gasteiger partial charge in [0.15, 0.2) is 15.5 Å². The second-order valence-electron chi connectivity index (χ2n) is 6.34. The molecule has 8 heteroatoms. The van der Waals surface area contributed by atoms with Crippen molar-refractivity contribution in [1.29, 1.82) is 0 Å². The van der Waals surface area contributed by atoms with E-state index < -0.39 is 15.8 Å². The largest absolute Gasteiger partial charge is 0.478 e. The Balaban J connectivity index is 2.26. The summed E-state index contributed by atoms with van der Waals surface area (Å²) in [4.78, 5) is 16.2. The molecule has 7 nitrogen and oxygen atoms in total. The minimum atomic E-state index is -3.06. The van der Waals surface area contributed by atoms with E-state index >= 15 is 0 Å². The number of carboxylic acid groups (broad SMARTS) is 1. The Labute approximate surface area is 134 Å². The molecule has 0 amide bonds. The lowest BCUT2D eigenvalue weighted by atomic mass is 10.0. The zero-order valence-corrected chi connectivity index (χ0v) is 14.1. The van der Waals surface area contributed by atoms with Gasteiger partial charge >= 0.3 is 5.97 Å². The highest BCUT2D eigenvalue weighted by molar-refractivity contribution is 7.91. The summed E-state index contributed by atoms with van der Waals surface area (Å²) >= 11 is 0. The fraction of sp³-hybridized carbons (Fsp3) is 0.533. The molecule has 124 valence electrons. The Morgan fingerprint density at radius 2 is 2.13 bits per heavy atom. The van der Waals surface area contributed by atoms with Crippen LogP contribution in [0.1, 0.15) is 54.0 Å². The standard InChI is InChI=1S/C15H19N3O4S/c1-8(2)12-6-11(15(19)20)13-9(3)17-18(14(13)16-12)10-4-5-23(21,22)7-10/h6,8,10H,4-5,7H2,1-3H3,(H,19,20)/t10-/m0/s1. The second-order valence-corrected chi connectivity index (χ2v) is 8.57. The molecule has 23 heavy (non-hydrogen) atoms. The quantitative estimate of drug-likeness (QED) is 0.918. The second kappa shape index (κ2) is 5.30. The number of carboxylic acids is 1. The van der Waals surface area contributed by atoms with E-state index in [4.69, 9.17) is 0 Å². The van der Waals surface area contributed by atoms with Crippen LogP contribution in [0.5, 0.6) is 0 Å². The average Bonchev–Trinajstić information content (AvgIpc) is 2.98. The van der Waals surface area contributed by atoms with E-state index in [2.05, 4.69) is 10.1 Å². The topological polar surface area (TPSA) is 102 Å². The molecule has 0 aromatic carbocycles. The number of sulfone groups is 1. The SMILES string of the molecule is Cc1nn([C@H]2CCS(=O)(=O)C2)c2nc(C(C)C)cc(C(=O)O)c12. The molecular weight excluding hydrogens is 318 g/mol. The first kappa shape index (κ1) is 15.9. The summed E-state index contributed by atoms with van der Waals surface area (Å²) in [5.41, 5.74) is 1.86. The molecule has 0 saturated carbocycles. The van der Waals surface area contributed by atoms with E-state index in [0.717, 1.165) is 0 Å². The molecule has 0 bridgehead atoms. The van der Waals surface area contributed by atoms with Crippen molar-refractivity contribution in [1.82, 2.24) is 14.8 Å². The van der Waals surface area contributed by atoms with Gasteiger partial charge in [0.1, 0.15) is 0 Å². The average molecular weight is 337 g/mol. The van der Waals surface area contributed by atoms with Crippen molar-refractivity contribution in [3.05, 3.63) is 23.0 Å². The lowest BCUT2D eigenvalue weighted by molar-refractivity contribution is 0.0698. The summed E-state index contributed by atoms with van der Waals surface area (Å²) in [6, 6.07) is 1.30. The van der Waals surface area contributed by atoms with Crippen LogP contribution in [-0.2, 0) is 9.84 Å². The molecule has 3 heterocycles. The summed E-state index contributed by atoms with van der Waals surface area (Å²) in [7, 11) is -3.06. The lowest BCUT2D eigenvalue weighted by Gasteiger charge is -2.12. The van der Waals surface area contributed by atoms with Crippen LogP contribution in [0.4, 0.5) is 0 Å². The predicted molar refractivity (Wildman–Crippen MR) is 85.6 cm³/mol. The summed E-state index contributed by atoms with van der Waals surface area (Å²) < 4.78 is 25.1. The maximum Gasteiger partial charge on any atom is 0.336 e. The number of aromatic nitrogens is 3. The van der Waals surface area contributed by atoms with Crippen molar-refractivity contribution in [2.75, 3.05) is 11.5 Å². The third kappa shape index (κ3) is 2.71. The van der Waals surface area contributed by atoms with Gasteiger partial charge in [-0.25, -0.2) is 22.9 Å². The minimum Gasteiger partial charge on any atom is -0.478 e. The van der Waals surface area contributed by atoms with E-state index in [9.17, 15) is 18.3 Å². The van der Waals surface area contributed by atoms with E-state index in [1.807, 2.05) is 13.8 Å². The molecule has 2 aromatic heterocycles. The Kier molecular flexibility index (Phi) is 3.66. The summed E-state index contributed by atoms with van der Waals surface area (Å²) in [5, 5.41) is 14.4. The first-order valence-corrected chi connectivity index (χ1v) is 9.35. The van der Waals surface area contributed by atoms with Crippen LogP contribution in [-0.4, -0.2) is 45.8 Å². The van der Waals surface area contributed by atoms with Crippen molar-refractivity contribution < 1.29 is 18.3 Å². The van der Waals surface area contributed by atoms with Gasteiger partial charge in [0.2, 0.25) is 0 Å². The smallest absolute Gasteiger partial charge is 0.336 e. The molecule has 1 fully saturated rings. The fourth-order valence-corrected chi connectivity index (χ4v) is 4.71. The van der Waals surface area contributed by atoms with Crippen molar-refractivity contribution in [2.24, 2.45) is 0 Å². The number of carbonyl (C=O) groups is 1. The Hall–Kier alpha value is -1.96. The van der Waals surface area contributed by atoms with Gasteiger partial charge in [-0.05, 0) is 25.3 Å². The number of pyridine rings is 1. The van der Waals surface area contributed by atoms with Gasteiger partial charge in [-0.3, -0.25) is 0 Å². The predicted octanol–water partition coefficient (Wildman–Crippen LogP) is 1.92. The van der Waals surface area contributed by atoms with E-state index in [1.165, 1.54) is 0 Å². The van der Waals surface area contributed by atoms with Crippen LogP contribution in [0.15, 0.2) is 6.07 Å². The molecule has 1 aliphatic heterocycles. The van der Waals surface area contributed by atoms with Crippen LogP contribution < -0.4 is 0 Å². The summed E-state index contributed by atoms with van der Waals surface area (Å²) in [5.74, 6) is -0.804. The molecule has 2 aromatic rings. The Morgan fingerprint density at radius 3 is 2.65 bits per heavy atom. The monoisotopic (exact) mass is 337 g/mol. The van der Waals surface area contributed by atoms with Crippen LogP contribution >= 0.6 is 0 Å². The summed E-state index contributed by atoms with van der Waals surface area (Å²) in [6.45, 7) is 5.60. The van der Waals surface area contributed by atoms with E-state index in [-0.39, 0.29) is 29.0 Å². The number of fused-ring (bicyclic) bond motifs is 1. The van der Waals surface area contributed by atoms with Crippen LogP contribution in [0.2, 0.25) is 0 Å². The van der Waals surface area contributed by atoms with Gasteiger partial charge in [-0.15, -0.1) is 0 Å². The van der Waals surface area contributed by atoms with Crippen molar-refractivity contribution in [3.63, 3.8) is 0 Å². The first-order valence-electron chi connectivity index (χ1n) is 7.53. The first-order chi connectivity index (χ1) is 10.7. The molecule has 1 saturated heterocycles. The normalized spacial score (nSPS) is 20.4. The van der Waals surface area contributed by atoms with Gasteiger partial charge in [-0.2, -0.15) is 5.10 Å². The molecule has 0 aliphatic carbocycles. The minimum absolute atomic E-state index is 0.0270. The van der Waals surface area contributed by atoms with Gasteiger partial charge in [0.05, 0.1) is 34.2 Å². The van der Waals surface area contributed by atoms with Crippen LogP contribution in [0.25, 0.3) is 11.0 Å². The van der Waals surface area contributed by atoms with Gasteiger partial charge in [0.25, 0.3) is 0 Å². The molecular formula is C15H19N3O4S. The van der Waals surface area contributed by atoms with Gasteiger partial charge < -0.3 is 5.11 Å². The third-order valence-electron chi connectivity index (χ3n) is 4.23. The maximum atomic E-state index is 11.8. The number of hydrogen-bond donors (Lipinski definition) is 1. The van der Waals surface area contributed by atoms with Gasteiger partial charge in [-0.1, -0.05) is 13.8 Å². The van der Waals surface area contributed by atoms with Crippen molar-refractivity contribution in [3.8, 4) is 0 Å². The van der Waals surface area contributed by atoms with Crippen LogP contribution in [0, 0.1) is 6.92 Å². The highest BCUT2D eigenvalue weighted by Crippen LogP contribution is 2.31. The maximum absolute atomic E-state index is 11.8. The molecule has 1 aliphatic rings. The Morgan fingerprint density at radius 1 is 1.43 bits per heavy atom. The van der Waals surface area contributed by atoms with Gasteiger partial charge in [0, 0.05) is 5.69 Å². The number of aromatic carboxylic acids is 1. The number of aryl methyl sites for hydroxylation is 1. The molecule has 1 N–H and O–H groups in total. The highest BCUT2D eigenvalue weighted by atomic mass is 32.2. The Bertz CT molecular complexity index is 899. The summed E-state index contributed by atoms with van der Waals surface area (Å²) in [6.07, 6.45) is 0.481. The molecule has 0 spiro atoms. The number of rotatable bonds is 3.